The molecule has 128 valence electrons. The van der Waals surface area contributed by atoms with E-state index in [0.29, 0.717) is 13.1 Å². The van der Waals surface area contributed by atoms with E-state index in [2.05, 4.69) is 48.3 Å². The number of cyclic esters (lactones) is 1. The highest BCUT2D eigenvalue weighted by atomic mass is 32.1. The van der Waals surface area contributed by atoms with Gasteiger partial charge in [-0.3, -0.25) is 14.6 Å². The Morgan fingerprint density at radius 1 is 1.21 bits per heavy atom. The number of hydrogen-bond donors (Lipinski definition) is 0. The quantitative estimate of drug-likeness (QED) is 0.454. The largest absolute Gasteiger partial charge is 0.442 e. The third kappa shape index (κ3) is 4.09. The van der Waals surface area contributed by atoms with Crippen LogP contribution in [0.25, 0.3) is 0 Å². The Labute approximate surface area is 149 Å². The van der Waals surface area contributed by atoms with E-state index in [9.17, 15) is 4.79 Å². The molecule has 1 amide bonds. The average molecular weight is 364 g/mol. The summed E-state index contributed by atoms with van der Waals surface area (Å²) in [5.74, 6) is 0. The zero-order valence-corrected chi connectivity index (χ0v) is 15.3. The van der Waals surface area contributed by atoms with Gasteiger partial charge in [0.05, 0.1) is 13.1 Å². The Balaban J connectivity index is 1.62. The standard InChI is InChI=1S/C16H21N4O2PS/c21-16-20(12-15(22-16)11-17-5-10-24)14-3-1-13(2-4-14)18-6-8-19(23)9-7-18/h1-5,10,15H,6-9,11-12,23H2/t15-/m0/s1. The predicted octanol–water partition coefficient (Wildman–Crippen LogP) is 1.99. The van der Waals surface area contributed by atoms with Crippen LogP contribution in [0.1, 0.15) is 0 Å². The molecular weight excluding hydrogens is 343 g/mol. The fourth-order valence-electron chi connectivity index (χ4n) is 2.87. The van der Waals surface area contributed by atoms with Gasteiger partial charge in [0.15, 0.2) is 0 Å². The molecule has 8 heteroatoms. The highest BCUT2D eigenvalue weighted by Crippen LogP contribution is 2.25. The van der Waals surface area contributed by atoms with Crippen LogP contribution >= 0.6 is 21.6 Å². The molecule has 0 spiro atoms. The molecule has 2 atom stereocenters. The molecule has 24 heavy (non-hydrogen) atoms. The topological polar surface area (TPSA) is 48.4 Å². The second-order valence-corrected chi connectivity index (χ2v) is 6.81. The number of nitrogens with zero attached hydrogens (tertiary/aromatic N) is 4. The number of ether oxygens (including phenoxy) is 1. The van der Waals surface area contributed by atoms with Crippen LogP contribution < -0.4 is 9.80 Å². The lowest BCUT2D eigenvalue weighted by atomic mass is 10.2. The van der Waals surface area contributed by atoms with Crippen LogP contribution in [0, 0.1) is 0 Å². The van der Waals surface area contributed by atoms with Gasteiger partial charge in [0, 0.05) is 49.1 Å². The molecule has 0 bridgehead atoms. The SMILES string of the molecule is O=C1O[C@@H](CN=CC=S)CN1c1ccc(N2CCN(P)CC2)cc1. The fourth-order valence-corrected chi connectivity index (χ4v) is 3.19. The fraction of sp³-hybridized carbons (Fsp3) is 0.438. The smallest absolute Gasteiger partial charge is 0.414 e. The highest BCUT2D eigenvalue weighted by Gasteiger charge is 2.32. The van der Waals surface area contributed by atoms with Gasteiger partial charge in [-0.2, -0.15) is 0 Å². The van der Waals surface area contributed by atoms with Crippen molar-refractivity contribution in [3.05, 3.63) is 24.3 Å². The minimum Gasteiger partial charge on any atom is -0.442 e. The molecule has 0 saturated carbocycles. The van der Waals surface area contributed by atoms with E-state index >= 15 is 0 Å². The van der Waals surface area contributed by atoms with Crippen molar-refractivity contribution in [2.24, 2.45) is 4.99 Å². The second-order valence-electron chi connectivity index (χ2n) is 5.81. The summed E-state index contributed by atoms with van der Waals surface area (Å²) >= 11 is 4.69. The summed E-state index contributed by atoms with van der Waals surface area (Å²) in [6, 6.07) is 8.09. The van der Waals surface area contributed by atoms with Crippen LogP contribution in [-0.4, -0.2) is 67.7 Å². The summed E-state index contributed by atoms with van der Waals surface area (Å²) in [5, 5.41) is 1.45. The van der Waals surface area contributed by atoms with E-state index in [-0.39, 0.29) is 12.2 Å². The number of rotatable bonds is 5. The molecule has 0 aliphatic carbocycles. The van der Waals surface area contributed by atoms with Crippen LogP contribution in [0.5, 0.6) is 0 Å². The Hall–Kier alpha value is -1.56. The number of thiocarbonyl (C=S) groups is 1. The highest BCUT2D eigenvalue weighted by molar-refractivity contribution is 7.80. The zero-order chi connectivity index (χ0) is 16.9. The van der Waals surface area contributed by atoms with E-state index in [0.717, 1.165) is 31.9 Å². The number of benzene rings is 1. The number of carbonyl (C=O) groups is 1. The van der Waals surface area contributed by atoms with E-state index in [4.69, 9.17) is 4.74 Å². The predicted molar refractivity (Wildman–Crippen MR) is 105 cm³/mol. The van der Waals surface area contributed by atoms with Gasteiger partial charge in [-0.15, -0.1) is 0 Å². The molecule has 2 saturated heterocycles. The lowest BCUT2D eigenvalue weighted by Crippen LogP contribution is -2.42. The molecule has 2 heterocycles. The van der Waals surface area contributed by atoms with Crippen molar-refractivity contribution < 1.29 is 9.53 Å². The maximum Gasteiger partial charge on any atom is 0.414 e. The first-order valence-electron chi connectivity index (χ1n) is 7.94. The monoisotopic (exact) mass is 364 g/mol. The van der Waals surface area contributed by atoms with Crippen LogP contribution in [0.2, 0.25) is 0 Å². The minimum atomic E-state index is -0.318. The van der Waals surface area contributed by atoms with Crippen LogP contribution in [0.3, 0.4) is 0 Å². The Kier molecular flexibility index (Phi) is 5.76. The molecule has 0 N–H and O–H groups in total. The molecule has 1 aromatic carbocycles. The van der Waals surface area contributed by atoms with Crippen LogP contribution in [0.15, 0.2) is 29.3 Å². The van der Waals surface area contributed by atoms with E-state index in [1.807, 2.05) is 12.1 Å². The maximum absolute atomic E-state index is 12.0. The van der Waals surface area contributed by atoms with Crippen molar-refractivity contribution in [2.45, 2.75) is 6.10 Å². The van der Waals surface area contributed by atoms with Crippen molar-refractivity contribution in [3.63, 3.8) is 0 Å². The molecule has 0 aromatic heterocycles. The van der Waals surface area contributed by atoms with Gasteiger partial charge in [0.2, 0.25) is 0 Å². The molecule has 2 aliphatic heterocycles. The van der Waals surface area contributed by atoms with Crippen LogP contribution in [0.4, 0.5) is 16.2 Å². The Bertz CT molecular complexity index is 617. The average Bonchev–Trinajstić information content (AvgIpc) is 2.97. The van der Waals surface area contributed by atoms with E-state index in [1.165, 1.54) is 11.1 Å². The molecule has 2 fully saturated rings. The number of anilines is 2. The molecule has 0 radical (unpaired) electrons. The summed E-state index contributed by atoms with van der Waals surface area (Å²) in [5.41, 5.74) is 2.04. The number of aliphatic imine (C=N–C) groups is 1. The summed E-state index contributed by atoms with van der Waals surface area (Å²) in [6.45, 7) is 5.04. The first-order valence-corrected chi connectivity index (χ1v) is 8.92. The molecular formula is C16H21N4O2PS. The van der Waals surface area contributed by atoms with Crippen molar-refractivity contribution in [2.75, 3.05) is 49.1 Å². The summed E-state index contributed by atoms with van der Waals surface area (Å²) < 4.78 is 7.59. The number of piperazine rings is 1. The van der Waals surface area contributed by atoms with Crippen molar-refractivity contribution in [3.8, 4) is 0 Å². The third-order valence-electron chi connectivity index (χ3n) is 4.19. The second kappa shape index (κ2) is 8.01. The lowest BCUT2D eigenvalue weighted by molar-refractivity contribution is 0.145. The van der Waals surface area contributed by atoms with Gasteiger partial charge in [0.25, 0.3) is 0 Å². The molecule has 3 rings (SSSR count). The molecule has 2 aliphatic rings. The maximum atomic E-state index is 12.0. The minimum absolute atomic E-state index is 0.224. The van der Waals surface area contributed by atoms with Gasteiger partial charge in [-0.25, -0.2) is 4.79 Å². The summed E-state index contributed by atoms with van der Waals surface area (Å²) in [7, 11) is 2.75. The normalized spacial score (nSPS) is 22.2. The van der Waals surface area contributed by atoms with Crippen molar-refractivity contribution in [1.82, 2.24) is 4.67 Å². The van der Waals surface area contributed by atoms with E-state index in [1.54, 1.807) is 11.1 Å². The van der Waals surface area contributed by atoms with Gasteiger partial charge < -0.3 is 9.64 Å². The van der Waals surface area contributed by atoms with Crippen molar-refractivity contribution >= 4 is 50.7 Å². The van der Waals surface area contributed by atoms with Gasteiger partial charge in [0.1, 0.15) is 6.10 Å². The number of hydrogen-bond acceptors (Lipinski definition) is 6. The van der Waals surface area contributed by atoms with Gasteiger partial charge in [-0.1, -0.05) is 21.6 Å². The Morgan fingerprint density at radius 2 is 1.88 bits per heavy atom. The molecule has 6 nitrogen and oxygen atoms in total. The number of amides is 1. The van der Waals surface area contributed by atoms with E-state index < -0.39 is 0 Å². The zero-order valence-electron chi connectivity index (χ0n) is 13.4. The number of carbonyl (C=O) groups excluding carboxylic acids is 1. The molecule has 1 unspecified atom stereocenters. The summed E-state index contributed by atoms with van der Waals surface area (Å²) in [6.07, 6.45) is 1.01. The molecule has 1 aromatic rings. The first kappa shape index (κ1) is 17.3. The summed E-state index contributed by atoms with van der Waals surface area (Å²) in [4.78, 5) is 20.2. The Morgan fingerprint density at radius 3 is 2.54 bits per heavy atom. The van der Waals surface area contributed by atoms with Gasteiger partial charge in [-0.05, 0) is 24.3 Å². The third-order valence-corrected chi connectivity index (χ3v) is 4.83. The lowest BCUT2D eigenvalue weighted by Gasteiger charge is -2.34. The van der Waals surface area contributed by atoms with Crippen LogP contribution in [-0.2, 0) is 4.74 Å². The first-order chi connectivity index (χ1) is 11.7. The van der Waals surface area contributed by atoms with Gasteiger partial charge >= 0.3 is 6.09 Å². The van der Waals surface area contributed by atoms with Crippen molar-refractivity contribution in [1.29, 1.82) is 0 Å².